The quantitative estimate of drug-likeness (QED) is 0.924. The summed E-state index contributed by atoms with van der Waals surface area (Å²) in [6, 6.07) is 4.82. The van der Waals surface area contributed by atoms with Gasteiger partial charge in [-0.3, -0.25) is 4.79 Å². The summed E-state index contributed by atoms with van der Waals surface area (Å²) in [5.74, 6) is -1.04. The van der Waals surface area contributed by atoms with Crippen LogP contribution in [0.1, 0.15) is 25.1 Å². The lowest BCUT2D eigenvalue weighted by atomic mass is 9.90. The minimum atomic E-state index is -4.42. The van der Waals surface area contributed by atoms with Crippen LogP contribution < -0.4 is 0 Å². The van der Waals surface area contributed by atoms with E-state index in [1.54, 1.807) is 5.38 Å². The van der Waals surface area contributed by atoms with Crippen molar-refractivity contribution in [1.82, 2.24) is 4.98 Å². The largest absolute Gasteiger partial charge is 0.481 e. The van der Waals surface area contributed by atoms with Crippen LogP contribution in [0.5, 0.6) is 0 Å². The van der Waals surface area contributed by atoms with Gasteiger partial charge in [0.15, 0.2) is 0 Å². The van der Waals surface area contributed by atoms with Gasteiger partial charge in [-0.1, -0.05) is 12.1 Å². The maximum Gasteiger partial charge on any atom is 0.416 e. The molecule has 0 aliphatic carbocycles. The molecule has 0 saturated heterocycles. The monoisotopic (exact) mass is 315 g/mol. The van der Waals surface area contributed by atoms with Crippen LogP contribution in [0.15, 0.2) is 29.6 Å². The predicted molar refractivity (Wildman–Crippen MR) is 73.2 cm³/mol. The van der Waals surface area contributed by atoms with E-state index < -0.39 is 23.1 Å². The van der Waals surface area contributed by atoms with Gasteiger partial charge < -0.3 is 5.11 Å². The minimum Gasteiger partial charge on any atom is -0.481 e. The van der Waals surface area contributed by atoms with Crippen molar-refractivity contribution in [1.29, 1.82) is 0 Å². The molecule has 3 nitrogen and oxygen atoms in total. The van der Waals surface area contributed by atoms with Crippen molar-refractivity contribution in [2.24, 2.45) is 0 Å². The summed E-state index contributed by atoms with van der Waals surface area (Å²) in [6.07, 6.45) is -4.42. The van der Waals surface area contributed by atoms with E-state index in [0.717, 1.165) is 23.5 Å². The van der Waals surface area contributed by atoms with Crippen LogP contribution in [0.25, 0.3) is 10.6 Å². The Labute approximate surface area is 123 Å². The first-order valence-electron chi connectivity index (χ1n) is 5.99. The molecule has 0 fully saturated rings. The average molecular weight is 315 g/mol. The van der Waals surface area contributed by atoms with Gasteiger partial charge >= 0.3 is 12.1 Å². The second-order valence-electron chi connectivity index (χ2n) is 5.05. The van der Waals surface area contributed by atoms with Crippen LogP contribution in [0.2, 0.25) is 0 Å². The summed E-state index contributed by atoms with van der Waals surface area (Å²) in [7, 11) is 0. The van der Waals surface area contributed by atoms with Crippen LogP contribution in [0.4, 0.5) is 13.2 Å². The first kappa shape index (κ1) is 15.5. The Kier molecular flexibility index (Phi) is 3.79. The molecular formula is C14H12F3NO2S. The number of rotatable bonds is 3. The van der Waals surface area contributed by atoms with E-state index >= 15 is 0 Å². The molecule has 2 aromatic rings. The maximum absolute atomic E-state index is 12.7. The Balaban J connectivity index is 2.41. The Morgan fingerprint density at radius 3 is 2.52 bits per heavy atom. The van der Waals surface area contributed by atoms with Crippen LogP contribution in [0, 0.1) is 0 Å². The van der Waals surface area contributed by atoms with Crippen molar-refractivity contribution < 1.29 is 23.1 Å². The summed E-state index contributed by atoms with van der Waals surface area (Å²) >= 11 is 1.12. The van der Waals surface area contributed by atoms with Gasteiger partial charge in [-0.25, -0.2) is 4.98 Å². The molecule has 2 rings (SSSR count). The first-order valence-corrected chi connectivity index (χ1v) is 6.87. The molecular weight excluding hydrogens is 303 g/mol. The lowest BCUT2D eigenvalue weighted by Crippen LogP contribution is -2.28. The number of hydrogen-bond donors (Lipinski definition) is 1. The van der Waals surface area contributed by atoms with E-state index in [1.807, 2.05) is 0 Å². The molecule has 1 aromatic carbocycles. The molecule has 0 bridgehead atoms. The highest BCUT2D eigenvalue weighted by atomic mass is 32.1. The summed E-state index contributed by atoms with van der Waals surface area (Å²) in [5, 5.41) is 11.1. The Morgan fingerprint density at radius 2 is 1.95 bits per heavy atom. The zero-order valence-corrected chi connectivity index (χ0v) is 12.0. The molecule has 0 spiro atoms. The Hall–Kier alpha value is -1.89. The number of aromatic nitrogens is 1. The van der Waals surface area contributed by atoms with Crippen molar-refractivity contribution >= 4 is 17.3 Å². The number of hydrogen-bond acceptors (Lipinski definition) is 3. The van der Waals surface area contributed by atoms with Crippen molar-refractivity contribution in [3.05, 3.63) is 40.9 Å². The van der Waals surface area contributed by atoms with Gasteiger partial charge in [0.2, 0.25) is 0 Å². The van der Waals surface area contributed by atoms with E-state index in [9.17, 15) is 18.0 Å². The molecule has 1 heterocycles. The molecule has 0 unspecified atom stereocenters. The molecule has 0 aliphatic heterocycles. The highest BCUT2D eigenvalue weighted by Crippen LogP contribution is 2.34. The third-order valence-electron chi connectivity index (χ3n) is 3.12. The molecule has 1 aromatic heterocycles. The van der Waals surface area contributed by atoms with E-state index in [4.69, 9.17) is 5.11 Å². The van der Waals surface area contributed by atoms with E-state index in [-0.39, 0.29) is 0 Å². The first-order chi connectivity index (χ1) is 9.62. The van der Waals surface area contributed by atoms with Crippen LogP contribution in [-0.4, -0.2) is 16.1 Å². The molecule has 0 radical (unpaired) electrons. The van der Waals surface area contributed by atoms with Crippen LogP contribution in [0.3, 0.4) is 0 Å². The normalized spacial score (nSPS) is 12.4. The molecule has 7 heteroatoms. The minimum absolute atomic E-state index is 0.322. The second kappa shape index (κ2) is 5.14. The Morgan fingerprint density at radius 1 is 1.29 bits per heavy atom. The van der Waals surface area contributed by atoms with Crippen molar-refractivity contribution in [3.8, 4) is 10.6 Å². The van der Waals surface area contributed by atoms with Gasteiger partial charge in [0.25, 0.3) is 0 Å². The van der Waals surface area contributed by atoms with Crippen molar-refractivity contribution in [2.45, 2.75) is 25.4 Å². The molecule has 0 atom stereocenters. The SMILES string of the molecule is CC(C)(C(=O)O)c1csc(-c2cccc(C(F)(F)F)c2)n1. The van der Waals surface area contributed by atoms with Crippen molar-refractivity contribution in [3.63, 3.8) is 0 Å². The lowest BCUT2D eigenvalue weighted by Gasteiger charge is -2.15. The number of carbonyl (C=O) groups is 1. The van der Waals surface area contributed by atoms with Crippen molar-refractivity contribution in [2.75, 3.05) is 0 Å². The number of thiazole rings is 1. The molecule has 0 saturated carbocycles. The fourth-order valence-corrected chi connectivity index (χ4v) is 2.62. The number of carboxylic acids is 1. The smallest absolute Gasteiger partial charge is 0.416 e. The van der Waals surface area contributed by atoms with E-state index in [0.29, 0.717) is 16.3 Å². The van der Waals surface area contributed by atoms with Crippen LogP contribution in [-0.2, 0) is 16.4 Å². The number of alkyl halides is 3. The number of carboxylic acid groups (broad SMARTS) is 1. The highest BCUT2D eigenvalue weighted by Gasteiger charge is 2.33. The summed E-state index contributed by atoms with van der Waals surface area (Å²) in [4.78, 5) is 15.3. The van der Waals surface area contributed by atoms with Gasteiger partial charge in [0, 0.05) is 10.9 Å². The lowest BCUT2D eigenvalue weighted by molar-refractivity contribution is -0.142. The van der Waals surface area contributed by atoms with E-state index in [2.05, 4.69) is 4.98 Å². The summed E-state index contributed by atoms with van der Waals surface area (Å²) in [5.41, 5.74) is -1.29. The zero-order chi connectivity index (χ0) is 15.8. The summed E-state index contributed by atoms with van der Waals surface area (Å²) < 4.78 is 38.1. The molecule has 0 aliphatic rings. The molecule has 112 valence electrons. The standard InChI is InChI=1S/C14H12F3NO2S/c1-13(2,12(19)20)10-7-21-11(18-10)8-4-3-5-9(6-8)14(15,16)17/h3-7H,1-2H3,(H,19,20). The Bertz CT molecular complexity index is 677. The zero-order valence-electron chi connectivity index (χ0n) is 11.2. The fourth-order valence-electron chi connectivity index (χ4n) is 1.63. The third-order valence-corrected chi connectivity index (χ3v) is 4.01. The third kappa shape index (κ3) is 3.07. The number of nitrogens with zero attached hydrogens (tertiary/aromatic N) is 1. The van der Waals surface area contributed by atoms with Crippen LogP contribution >= 0.6 is 11.3 Å². The highest BCUT2D eigenvalue weighted by molar-refractivity contribution is 7.13. The number of benzene rings is 1. The molecule has 21 heavy (non-hydrogen) atoms. The average Bonchev–Trinajstić information content (AvgIpc) is 2.88. The molecule has 1 N–H and O–H groups in total. The molecule has 0 amide bonds. The maximum atomic E-state index is 12.7. The fraction of sp³-hybridized carbons (Fsp3) is 0.286. The van der Waals surface area contributed by atoms with Gasteiger partial charge in [0.05, 0.1) is 11.3 Å². The van der Waals surface area contributed by atoms with Gasteiger partial charge in [-0.05, 0) is 26.0 Å². The number of aliphatic carboxylic acids is 1. The summed E-state index contributed by atoms with van der Waals surface area (Å²) in [6.45, 7) is 3.00. The second-order valence-corrected chi connectivity index (χ2v) is 5.90. The number of halogens is 3. The predicted octanol–water partition coefficient (Wildman–Crippen LogP) is 4.19. The van der Waals surface area contributed by atoms with E-state index in [1.165, 1.54) is 26.0 Å². The topological polar surface area (TPSA) is 50.2 Å². The van der Waals surface area contributed by atoms with Gasteiger partial charge in [0.1, 0.15) is 10.4 Å². The van der Waals surface area contributed by atoms with Gasteiger partial charge in [-0.15, -0.1) is 11.3 Å². The van der Waals surface area contributed by atoms with Gasteiger partial charge in [-0.2, -0.15) is 13.2 Å².